The first kappa shape index (κ1) is 38.8. The fourth-order valence-electron chi connectivity index (χ4n) is 3.87. The Hall–Kier alpha value is -2.02. The molecule has 0 unspecified atom stereocenters. The molecule has 11 radical (unpaired) electrons. The van der Waals surface area contributed by atoms with Crippen molar-refractivity contribution in [3.63, 3.8) is 0 Å². The molecule has 0 aliphatic carbocycles. The zero-order chi connectivity index (χ0) is 34.8. The number of hydrogen-bond acceptors (Lipinski definition) is 16. The largest absolute Gasteiger partial charge is 0.483 e. The monoisotopic (exact) mass is 979 g/mol. The van der Waals surface area contributed by atoms with E-state index in [9.17, 15) is 4.79 Å². The van der Waals surface area contributed by atoms with Crippen LogP contribution < -0.4 is 42.5 Å². The van der Waals surface area contributed by atoms with Gasteiger partial charge in [0.15, 0.2) is 24.5 Å². The average molecular weight is 978 g/mol. The number of aromatic nitrogens is 9. The van der Waals surface area contributed by atoms with Crippen LogP contribution in [-0.2, 0) is 19.8 Å². The Kier molecular flexibility index (Phi) is 14.8. The number of nitrogens with two attached hydrogens (primary N) is 3. The van der Waals surface area contributed by atoms with E-state index >= 15 is 0 Å². The van der Waals surface area contributed by atoms with E-state index in [2.05, 4.69) is 36.3 Å². The molecular formula is C17H18B8I3N16O4. The number of nitrogens with zero attached hydrogens (tertiary/aromatic N) is 12. The third kappa shape index (κ3) is 12.4. The molecular weight excluding hydrogens is 960 g/mol. The topological polar surface area (TPSA) is 237 Å². The van der Waals surface area contributed by atoms with Gasteiger partial charge in [0.25, 0.3) is 46.2 Å². The first-order valence-corrected chi connectivity index (χ1v) is 15.9. The fraction of sp³-hybridized carbons (Fsp3) is 0.235. The quantitative estimate of drug-likeness (QED) is 0.0229. The van der Waals surface area contributed by atoms with E-state index < -0.39 is 11.0 Å². The highest BCUT2D eigenvalue weighted by atomic mass is 127. The number of amides is 1. The summed E-state index contributed by atoms with van der Waals surface area (Å²) in [6, 6.07) is 3.25. The number of carbonyl (C=O) groups excluding carboxylic acids is 1. The molecule has 3 aromatic heterocycles. The minimum Gasteiger partial charge on any atom is -0.483 e. The summed E-state index contributed by atoms with van der Waals surface area (Å²) in [5.74, 6) is 17.7. The van der Waals surface area contributed by atoms with Gasteiger partial charge in [0, 0.05) is 92.4 Å². The number of carbonyl (C=O) groups is 1. The molecule has 4 rings (SSSR count). The minimum absolute atomic E-state index is 0.0468. The molecule has 3 heterocycles. The van der Waals surface area contributed by atoms with Crippen molar-refractivity contribution >= 4 is 140 Å². The van der Waals surface area contributed by atoms with Crippen LogP contribution in [0.25, 0.3) is 0 Å². The number of rotatable bonds is 19. The van der Waals surface area contributed by atoms with Crippen molar-refractivity contribution in [2.75, 3.05) is 0 Å². The third-order valence-electron chi connectivity index (χ3n) is 5.61. The molecule has 1 aromatic carbocycles. The van der Waals surface area contributed by atoms with E-state index in [4.69, 9.17) is 55.7 Å². The van der Waals surface area contributed by atoms with E-state index in [1.807, 2.05) is 68.6 Å². The standard InChI is InChI=1S/C17H18B8I3N16O4/c18-39-3-10(33-36-39)6-46-13-1-9(21-22-16(45)32-17(23-42(26)29,24-43(27)30)25-44(28)31)2-14(47-7-11-4-40(19)37-34-11)15(13)48-8-12-5-41(20)38-35-12/h1-5H,6-8,29-31H2,(H,32,45). The second-order valence-corrected chi connectivity index (χ2v) is 12.8. The lowest BCUT2D eigenvalue weighted by molar-refractivity contribution is 0.226. The average Bonchev–Trinajstić information content (AvgIpc) is 3.72. The van der Waals surface area contributed by atoms with Crippen LogP contribution in [0.1, 0.15) is 17.1 Å². The predicted octanol–water partition coefficient (Wildman–Crippen LogP) is -4.30. The lowest BCUT2D eigenvalue weighted by atomic mass is 9.32. The van der Waals surface area contributed by atoms with Gasteiger partial charge in [0.2, 0.25) is 5.75 Å². The highest BCUT2D eigenvalue weighted by molar-refractivity contribution is 14.1. The van der Waals surface area contributed by atoms with Gasteiger partial charge >= 0.3 is 0 Å². The van der Waals surface area contributed by atoms with Crippen LogP contribution in [0.3, 0.4) is 0 Å². The number of hydrazine groups is 3. The molecule has 235 valence electrons. The van der Waals surface area contributed by atoms with Gasteiger partial charge < -0.3 is 33.3 Å². The molecule has 0 spiro atoms. The van der Waals surface area contributed by atoms with Gasteiger partial charge in [-0.1, -0.05) is 21.1 Å². The zero-order valence-corrected chi connectivity index (χ0v) is 31.0. The summed E-state index contributed by atoms with van der Waals surface area (Å²) in [6.07, 6.45) is 4.44. The smallest absolute Gasteiger partial charge is 0.266 e. The second-order valence-electron chi connectivity index (χ2n) is 9.46. The predicted molar refractivity (Wildman–Crippen MR) is 203 cm³/mol. The maximum atomic E-state index is 13.3. The molecule has 0 saturated carbocycles. The zero-order valence-electron chi connectivity index (χ0n) is 24.5. The van der Waals surface area contributed by atoms with Gasteiger partial charge in [-0.05, 0) is 12.1 Å². The molecule has 48 heavy (non-hydrogen) atoms. The minimum atomic E-state index is -1.32. The van der Waals surface area contributed by atoms with Crippen molar-refractivity contribution in [1.29, 1.82) is 0 Å². The van der Waals surface area contributed by atoms with Crippen LogP contribution in [0.4, 0.5) is 4.79 Å². The fourth-order valence-corrected chi connectivity index (χ4v) is 5.26. The van der Waals surface area contributed by atoms with E-state index in [-0.39, 0.29) is 37.1 Å². The Labute approximate surface area is 323 Å². The molecule has 0 saturated heterocycles. The van der Waals surface area contributed by atoms with E-state index in [0.717, 1.165) is 13.8 Å². The summed E-state index contributed by atoms with van der Waals surface area (Å²) in [5, 5.41) is 24.5. The van der Waals surface area contributed by atoms with Crippen molar-refractivity contribution < 1.29 is 19.0 Å². The lowest BCUT2D eigenvalue weighted by Crippen LogP contribution is -2.71. The number of nitrogens with one attached hydrogen (secondary N) is 1. The Morgan fingerprint density at radius 2 is 1.17 bits per heavy atom. The molecule has 7 N–H and O–H groups in total. The maximum absolute atomic E-state index is 13.3. The van der Waals surface area contributed by atoms with Crippen LogP contribution in [-0.4, -0.2) is 126 Å². The van der Waals surface area contributed by atoms with Gasteiger partial charge in [-0.3, -0.25) is 22.3 Å². The van der Waals surface area contributed by atoms with Gasteiger partial charge in [-0.15, -0.1) is 15.3 Å². The molecule has 31 heteroatoms. The van der Waals surface area contributed by atoms with E-state index in [1.54, 1.807) is 12.1 Å². The van der Waals surface area contributed by atoms with Crippen molar-refractivity contribution in [3.8, 4) is 17.2 Å². The molecule has 1 amide bonds. The Morgan fingerprint density at radius 3 is 1.52 bits per heavy atom. The molecule has 0 bridgehead atoms. The maximum Gasteiger partial charge on any atom is 0.266 e. The summed E-state index contributed by atoms with van der Waals surface area (Å²) in [6.45, 7) is -0.145. The Balaban J connectivity index is 1.62. The Bertz CT molecular complexity index is 1560. The number of ether oxygens (including phenoxy) is 3. The van der Waals surface area contributed by atoms with Crippen LogP contribution in [0.2, 0.25) is 0 Å². The van der Waals surface area contributed by atoms with Gasteiger partial charge in [0.05, 0.1) is 0 Å². The number of hydrogen-bond donors (Lipinski definition) is 4. The molecule has 0 aliphatic rings. The third-order valence-corrected chi connectivity index (χ3v) is 6.45. The van der Waals surface area contributed by atoms with E-state index in [1.165, 1.54) is 64.6 Å². The second kappa shape index (κ2) is 18.3. The Morgan fingerprint density at radius 1 is 0.771 bits per heavy atom. The van der Waals surface area contributed by atoms with Crippen LogP contribution in [0.15, 0.2) is 30.7 Å². The molecule has 4 aromatic rings. The molecule has 0 fully saturated rings. The first-order valence-electron chi connectivity index (χ1n) is 13.0. The summed E-state index contributed by atoms with van der Waals surface area (Å²) in [5.41, 5.74) is 1.75. The van der Waals surface area contributed by atoms with Crippen LogP contribution in [0.5, 0.6) is 17.2 Å². The SMILES string of the molecule is [B]n1cc(COc2cc([B][B]C(=O)NC([B]N(N)I)([B]N(N)I)[B]N(N)I)cc(OCc3cn([B])nn3)c2OCc2cn([B])nn2)nn1. The first-order chi connectivity index (χ1) is 22.8. The van der Waals surface area contributed by atoms with E-state index in [0.29, 0.717) is 22.5 Å². The molecule has 0 aliphatic heterocycles. The summed E-state index contributed by atoms with van der Waals surface area (Å²) < 4.78 is 25.1. The number of halogens is 3. The highest BCUT2D eigenvalue weighted by Crippen LogP contribution is 2.38. The normalized spacial score (nSPS) is 11.4. The van der Waals surface area contributed by atoms with Gasteiger partial charge in [-0.2, -0.15) is 0 Å². The van der Waals surface area contributed by atoms with Gasteiger partial charge in [0.1, 0.15) is 44.1 Å². The summed E-state index contributed by atoms with van der Waals surface area (Å²) >= 11 is 5.47. The lowest BCUT2D eigenvalue weighted by Gasteiger charge is -2.36. The van der Waals surface area contributed by atoms with Crippen LogP contribution >= 0.6 is 68.6 Å². The molecule has 20 nitrogen and oxygen atoms in total. The number of benzene rings is 1. The summed E-state index contributed by atoms with van der Waals surface area (Å²) in [4.78, 5) is 13.3. The summed E-state index contributed by atoms with van der Waals surface area (Å²) in [7, 11) is 24.2. The van der Waals surface area contributed by atoms with Crippen molar-refractivity contribution in [2.45, 2.75) is 25.1 Å². The van der Waals surface area contributed by atoms with Crippen LogP contribution in [0, 0.1) is 0 Å². The van der Waals surface area contributed by atoms with Gasteiger partial charge in [-0.25, -0.2) is 9.40 Å². The van der Waals surface area contributed by atoms with Crippen molar-refractivity contribution in [2.24, 2.45) is 17.5 Å². The molecule has 0 atom stereocenters. The van der Waals surface area contributed by atoms with Crippen molar-refractivity contribution in [1.82, 2.24) is 59.4 Å². The highest BCUT2D eigenvalue weighted by Gasteiger charge is 2.40. The van der Waals surface area contributed by atoms with Crippen molar-refractivity contribution in [3.05, 3.63) is 47.8 Å².